The highest BCUT2D eigenvalue weighted by Crippen LogP contribution is 2.18. The van der Waals surface area contributed by atoms with E-state index in [0.717, 1.165) is 0 Å². The maximum Gasteiger partial charge on any atom is 0.0786 e. The van der Waals surface area contributed by atoms with E-state index in [-0.39, 0.29) is 0 Å². The molecular weight excluding hydrogens is 254 g/mol. The van der Waals surface area contributed by atoms with Gasteiger partial charge in [-0.05, 0) is 38.5 Å². The van der Waals surface area contributed by atoms with Crippen molar-refractivity contribution in [3.8, 4) is 0 Å². The van der Waals surface area contributed by atoms with Gasteiger partial charge in [0, 0.05) is 0 Å². The Morgan fingerprint density at radius 2 is 0.714 bits per heavy atom. The van der Waals surface area contributed by atoms with Gasteiger partial charge in [-0.15, -0.1) is 0 Å². The zero-order valence-corrected chi connectivity index (χ0v) is 15.8. The Kier molecular flexibility index (Phi) is 14.9. The van der Waals surface area contributed by atoms with Crippen LogP contribution in [0, 0.1) is 0 Å². The molecule has 0 aromatic rings. The van der Waals surface area contributed by atoms with Gasteiger partial charge >= 0.3 is 0 Å². The number of rotatable bonds is 16. The molecule has 0 unspecified atom stereocenters. The van der Waals surface area contributed by atoms with Gasteiger partial charge in [0.25, 0.3) is 0 Å². The summed E-state index contributed by atoms with van der Waals surface area (Å²) in [5.41, 5.74) is 0. The topological polar surface area (TPSA) is 0 Å². The van der Waals surface area contributed by atoms with Crippen LogP contribution in [0.1, 0.15) is 105 Å². The molecule has 0 spiro atoms. The molecule has 1 nitrogen and oxygen atoms in total. The van der Waals surface area contributed by atoms with Gasteiger partial charge in [-0.2, -0.15) is 0 Å². The van der Waals surface area contributed by atoms with E-state index in [9.17, 15) is 0 Å². The predicted molar refractivity (Wildman–Crippen MR) is 97.8 cm³/mol. The lowest BCUT2D eigenvalue weighted by Crippen LogP contribution is -2.50. The van der Waals surface area contributed by atoms with E-state index in [4.69, 9.17) is 0 Å². The average molecular weight is 299 g/mol. The van der Waals surface area contributed by atoms with E-state index in [1.165, 1.54) is 108 Å². The predicted octanol–water partition coefficient (Wildman–Crippen LogP) is 6.56. The summed E-state index contributed by atoms with van der Waals surface area (Å²) in [6.45, 7) is 15.1. The van der Waals surface area contributed by atoms with Gasteiger partial charge in [-0.25, -0.2) is 0 Å². The molecule has 0 aliphatic rings. The van der Waals surface area contributed by atoms with E-state index in [0.29, 0.717) is 0 Å². The molecule has 0 saturated carbocycles. The monoisotopic (exact) mass is 298 g/mol. The minimum Gasteiger partial charge on any atom is -0.324 e. The third kappa shape index (κ3) is 11.2. The van der Waals surface area contributed by atoms with Gasteiger partial charge in [-0.1, -0.05) is 66.2 Å². The molecule has 128 valence electrons. The Bertz CT molecular complexity index is 178. The number of hydrogen-bond donors (Lipinski definition) is 0. The fourth-order valence-electron chi connectivity index (χ4n) is 3.41. The molecule has 0 N–H and O–H groups in total. The molecule has 1 heteroatoms. The molecule has 0 bridgehead atoms. The largest absolute Gasteiger partial charge is 0.324 e. The van der Waals surface area contributed by atoms with Crippen molar-refractivity contribution in [3.05, 3.63) is 0 Å². The van der Waals surface area contributed by atoms with Gasteiger partial charge in [0.05, 0.1) is 26.2 Å². The highest BCUT2D eigenvalue weighted by atomic mass is 15.3. The second-order valence-electron chi connectivity index (χ2n) is 7.06. The van der Waals surface area contributed by atoms with Crippen molar-refractivity contribution in [3.63, 3.8) is 0 Å². The van der Waals surface area contributed by atoms with Crippen LogP contribution in [-0.2, 0) is 0 Å². The summed E-state index contributed by atoms with van der Waals surface area (Å²) in [6.07, 6.45) is 16.9. The van der Waals surface area contributed by atoms with Crippen molar-refractivity contribution < 1.29 is 4.48 Å². The maximum absolute atomic E-state index is 2.35. The lowest BCUT2D eigenvalue weighted by atomic mass is 10.1. The van der Waals surface area contributed by atoms with E-state index in [1.54, 1.807) is 0 Å². The van der Waals surface area contributed by atoms with Gasteiger partial charge in [0.2, 0.25) is 0 Å². The molecular formula is C20H44N+. The molecule has 0 aliphatic carbocycles. The standard InChI is InChI=1S/C20H44N/c1-5-9-13-15-19-21(17-11-7-3,18-12-8-4)20-16-14-10-6-2/h5-20H2,1-4H3/q+1. The molecule has 0 aromatic carbocycles. The number of hydrogen-bond acceptors (Lipinski definition) is 0. The fraction of sp³-hybridized carbons (Fsp3) is 1.00. The third-order valence-electron chi connectivity index (χ3n) is 4.94. The van der Waals surface area contributed by atoms with Crippen LogP contribution in [-0.4, -0.2) is 30.7 Å². The lowest BCUT2D eigenvalue weighted by Gasteiger charge is -2.39. The summed E-state index contributed by atoms with van der Waals surface area (Å²) in [6, 6.07) is 0. The van der Waals surface area contributed by atoms with Crippen molar-refractivity contribution >= 4 is 0 Å². The third-order valence-corrected chi connectivity index (χ3v) is 4.94. The SMILES string of the molecule is CCCCCC[N+](CCCC)(CCCC)CCCCCC. The Morgan fingerprint density at radius 1 is 0.381 bits per heavy atom. The lowest BCUT2D eigenvalue weighted by molar-refractivity contribution is -0.929. The summed E-state index contributed by atoms with van der Waals surface area (Å²) in [5.74, 6) is 0. The molecule has 0 atom stereocenters. The minimum atomic E-state index is 1.36. The van der Waals surface area contributed by atoms with Crippen LogP contribution in [0.5, 0.6) is 0 Å². The van der Waals surface area contributed by atoms with Crippen molar-refractivity contribution in [2.24, 2.45) is 0 Å². The summed E-state index contributed by atoms with van der Waals surface area (Å²) in [5, 5.41) is 0. The molecule has 0 saturated heterocycles. The first-order chi connectivity index (χ1) is 10.2. The van der Waals surface area contributed by atoms with Crippen LogP contribution in [0.25, 0.3) is 0 Å². The van der Waals surface area contributed by atoms with Crippen LogP contribution in [0.4, 0.5) is 0 Å². The van der Waals surface area contributed by atoms with Crippen LogP contribution >= 0.6 is 0 Å². The number of nitrogens with zero attached hydrogens (tertiary/aromatic N) is 1. The van der Waals surface area contributed by atoms with E-state index >= 15 is 0 Å². The van der Waals surface area contributed by atoms with E-state index in [1.807, 2.05) is 0 Å². The highest BCUT2D eigenvalue weighted by Gasteiger charge is 2.25. The normalized spacial score (nSPS) is 12.0. The number of quaternary nitrogens is 1. The first kappa shape index (κ1) is 21.0. The zero-order valence-electron chi connectivity index (χ0n) is 15.8. The molecule has 0 aromatic heterocycles. The van der Waals surface area contributed by atoms with Crippen molar-refractivity contribution in [1.29, 1.82) is 0 Å². The molecule has 0 fully saturated rings. The summed E-state index contributed by atoms with van der Waals surface area (Å²) >= 11 is 0. The van der Waals surface area contributed by atoms with Crippen LogP contribution < -0.4 is 0 Å². The minimum absolute atomic E-state index is 1.36. The van der Waals surface area contributed by atoms with Crippen molar-refractivity contribution in [1.82, 2.24) is 0 Å². The summed E-state index contributed by atoms with van der Waals surface area (Å²) in [7, 11) is 0. The second kappa shape index (κ2) is 14.9. The molecule has 0 aliphatic heterocycles. The molecule has 0 rings (SSSR count). The van der Waals surface area contributed by atoms with E-state index < -0.39 is 0 Å². The smallest absolute Gasteiger partial charge is 0.0786 e. The first-order valence-electron chi connectivity index (χ1n) is 10.1. The zero-order chi connectivity index (χ0) is 15.8. The quantitative estimate of drug-likeness (QED) is 0.223. The van der Waals surface area contributed by atoms with Gasteiger partial charge in [0.15, 0.2) is 0 Å². The van der Waals surface area contributed by atoms with Crippen molar-refractivity contribution in [2.75, 3.05) is 26.2 Å². The van der Waals surface area contributed by atoms with Gasteiger partial charge in [0.1, 0.15) is 0 Å². The van der Waals surface area contributed by atoms with Crippen molar-refractivity contribution in [2.45, 2.75) is 105 Å². The van der Waals surface area contributed by atoms with Crippen LogP contribution in [0.15, 0.2) is 0 Å². The Morgan fingerprint density at radius 3 is 1.05 bits per heavy atom. The molecule has 21 heavy (non-hydrogen) atoms. The maximum atomic E-state index is 2.35. The molecule has 0 radical (unpaired) electrons. The summed E-state index contributed by atoms with van der Waals surface area (Å²) in [4.78, 5) is 0. The summed E-state index contributed by atoms with van der Waals surface area (Å²) < 4.78 is 1.44. The second-order valence-corrected chi connectivity index (χ2v) is 7.06. The van der Waals surface area contributed by atoms with Crippen LogP contribution in [0.2, 0.25) is 0 Å². The molecule has 0 heterocycles. The Balaban J connectivity index is 4.43. The highest BCUT2D eigenvalue weighted by molar-refractivity contribution is 4.51. The fourth-order valence-corrected chi connectivity index (χ4v) is 3.41. The molecule has 0 amide bonds. The first-order valence-corrected chi connectivity index (χ1v) is 10.1. The Hall–Kier alpha value is -0.0400. The van der Waals surface area contributed by atoms with E-state index in [2.05, 4.69) is 27.7 Å². The van der Waals surface area contributed by atoms with Gasteiger partial charge < -0.3 is 4.48 Å². The number of unbranched alkanes of at least 4 members (excludes halogenated alkanes) is 8. The van der Waals surface area contributed by atoms with Gasteiger partial charge in [-0.3, -0.25) is 0 Å². The van der Waals surface area contributed by atoms with Crippen LogP contribution in [0.3, 0.4) is 0 Å². The average Bonchev–Trinajstić information content (AvgIpc) is 2.51. The Labute approximate surface area is 136 Å².